The number of carbonyl (C=O) groups is 1. The largest absolute Gasteiger partial charge is 0.444 e. The van der Waals surface area contributed by atoms with Crippen LogP contribution in [0.3, 0.4) is 0 Å². The Kier molecular flexibility index (Phi) is 3.69. The molecule has 0 fully saturated rings. The van der Waals surface area contributed by atoms with Gasteiger partial charge in [0, 0.05) is 6.07 Å². The van der Waals surface area contributed by atoms with Crippen LogP contribution in [-0.4, -0.2) is 26.5 Å². The number of nitrogens with one attached hydrogen (secondary N) is 1. The third kappa shape index (κ3) is 3.78. The SMILES string of the molecule is CC(C)(C)OC(=O)Nc1cnn(-c2cncc(F)c2)c1. The number of nitrogens with zero attached hydrogens (tertiary/aromatic N) is 3. The molecule has 6 nitrogen and oxygen atoms in total. The number of rotatable bonds is 2. The molecule has 1 amide bonds. The second-order valence-corrected chi connectivity index (χ2v) is 5.16. The predicted molar refractivity (Wildman–Crippen MR) is 71.2 cm³/mol. The van der Waals surface area contributed by atoms with Crippen LogP contribution in [0.25, 0.3) is 5.69 Å². The van der Waals surface area contributed by atoms with Gasteiger partial charge in [-0.1, -0.05) is 0 Å². The molecule has 0 radical (unpaired) electrons. The second-order valence-electron chi connectivity index (χ2n) is 5.16. The maximum absolute atomic E-state index is 13.1. The first-order chi connectivity index (χ1) is 9.33. The van der Waals surface area contributed by atoms with Crippen LogP contribution in [0, 0.1) is 5.82 Å². The third-order valence-corrected chi connectivity index (χ3v) is 2.18. The van der Waals surface area contributed by atoms with Crippen molar-refractivity contribution in [2.45, 2.75) is 26.4 Å². The summed E-state index contributed by atoms with van der Waals surface area (Å²) in [7, 11) is 0. The number of hydrogen-bond donors (Lipinski definition) is 1. The fraction of sp³-hybridized carbons (Fsp3) is 0.308. The Hall–Kier alpha value is -2.44. The fourth-order valence-electron chi connectivity index (χ4n) is 1.48. The van der Waals surface area contributed by atoms with Gasteiger partial charge in [0.1, 0.15) is 11.4 Å². The summed E-state index contributed by atoms with van der Waals surface area (Å²) in [5.74, 6) is -0.459. The van der Waals surface area contributed by atoms with Crippen molar-refractivity contribution in [2.75, 3.05) is 5.32 Å². The van der Waals surface area contributed by atoms with E-state index in [4.69, 9.17) is 4.74 Å². The summed E-state index contributed by atoms with van der Waals surface area (Å²) in [6.45, 7) is 5.32. The van der Waals surface area contributed by atoms with Gasteiger partial charge < -0.3 is 4.74 Å². The first-order valence-corrected chi connectivity index (χ1v) is 5.99. The third-order valence-electron chi connectivity index (χ3n) is 2.18. The summed E-state index contributed by atoms with van der Waals surface area (Å²) in [5, 5.41) is 6.56. The van der Waals surface area contributed by atoms with Crippen LogP contribution in [-0.2, 0) is 4.74 Å². The first kappa shape index (κ1) is 14.0. The van der Waals surface area contributed by atoms with Gasteiger partial charge in [-0.05, 0) is 20.8 Å². The summed E-state index contributed by atoms with van der Waals surface area (Å²) >= 11 is 0. The number of amides is 1. The van der Waals surface area contributed by atoms with Gasteiger partial charge in [-0.25, -0.2) is 13.9 Å². The van der Waals surface area contributed by atoms with Gasteiger partial charge in [-0.15, -0.1) is 0 Å². The van der Waals surface area contributed by atoms with Gasteiger partial charge in [0.2, 0.25) is 0 Å². The van der Waals surface area contributed by atoms with E-state index in [-0.39, 0.29) is 0 Å². The van der Waals surface area contributed by atoms with E-state index in [0.29, 0.717) is 11.4 Å². The molecule has 0 saturated heterocycles. The smallest absolute Gasteiger partial charge is 0.412 e. The summed E-state index contributed by atoms with van der Waals surface area (Å²) in [4.78, 5) is 15.3. The molecule has 2 rings (SSSR count). The van der Waals surface area contributed by atoms with Crippen LogP contribution < -0.4 is 5.32 Å². The summed E-state index contributed by atoms with van der Waals surface area (Å²) in [5.41, 5.74) is 0.331. The molecule has 0 bridgehead atoms. The summed E-state index contributed by atoms with van der Waals surface area (Å²) < 4.78 is 19.6. The highest BCUT2D eigenvalue weighted by atomic mass is 19.1. The summed E-state index contributed by atoms with van der Waals surface area (Å²) in [6, 6.07) is 1.29. The lowest BCUT2D eigenvalue weighted by Crippen LogP contribution is -2.27. The molecule has 0 aromatic carbocycles. The summed E-state index contributed by atoms with van der Waals surface area (Å²) in [6.07, 6.45) is 4.98. The van der Waals surface area contributed by atoms with Crippen LogP contribution in [0.15, 0.2) is 30.9 Å². The average Bonchev–Trinajstić information content (AvgIpc) is 2.74. The number of carbonyl (C=O) groups excluding carboxylic acids is 1. The fourth-order valence-corrected chi connectivity index (χ4v) is 1.48. The molecule has 0 aliphatic rings. The van der Waals surface area contributed by atoms with Crippen molar-refractivity contribution in [2.24, 2.45) is 0 Å². The minimum absolute atomic E-state index is 0.448. The van der Waals surface area contributed by atoms with Crippen LogP contribution in [0.2, 0.25) is 0 Å². The zero-order valence-electron chi connectivity index (χ0n) is 11.4. The van der Waals surface area contributed by atoms with E-state index in [1.165, 1.54) is 23.1 Å². The molecule has 2 aromatic rings. The second kappa shape index (κ2) is 5.28. The van der Waals surface area contributed by atoms with E-state index >= 15 is 0 Å². The highest BCUT2D eigenvalue weighted by Gasteiger charge is 2.16. The lowest BCUT2D eigenvalue weighted by atomic mass is 10.2. The standard InChI is InChI=1S/C13H15FN4O2/c1-13(2,3)20-12(19)17-10-6-16-18(8-10)11-4-9(14)5-15-7-11/h4-8H,1-3H3,(H,17,19). The molecular formula is C13H15FN4O2. The van der Waals surface area contributed by atoms with Crippen molar-refractivity contribution >= 4 is 11.8 Å². The van der Waals surface area contributed by atoms with E-state index in [2.05, 4.69) is 15.4 Å². The van der Waals surface area contributed by atoms with Gasteiger partial charge in [-0.3, -0.25) is 10.3 Å². The molecule has 106 valence electrons. The lowest BCUT2D eigenvalue weighted by molar-refractivity contribution is 0.0636. The topological polar surface area (TPSA) is 69.0 Å². The van der Waals surface area contributed by atoms with Crippen molar-refractivity contribution in [3.05, 3.63) is 36.7 Å². The highest BCUT2D eigenvalue weighted by Crippen LogP contribution is 2.13. The van der Waals surface area contributed by atoms with Crippen molar-refractivity contribution in [3.63, 3.8) is 0 Å². The molecule has 0 aliphatic heterocycles. The highest BCUT2D eigenvalue weighted by molar-refractivity contribution is 5.84. The molecule has 20 heavy (non-hydrogen) atoms. The molecule has 2 aromatic heterocycles. The number of halogens is 1. The molecule has 0 unspecified atom stereocenters. The molecule has 7 heteroatoms. The normalized spacial score (nSPS) is 11.2. The minimum atomic E-state index is -0.577. The Morgan fingerprint density at radius 1 is 1.35 bits per heavy atom. The average molecular weight is 278 g/mol. The van der Waals surface area contributed by atoms with Crippen LogP contribution >= 0.6 is 0 Å². The number of anilines is 1. The van der Waals surface area contributed by atoms with Gasteiger partial charge in [0.15, 0.2) is 0 Å². The molecular weight excluding hydrogens is 263 g/mol. The molecule has 0 saturated carbocycles. The minimum Gasteiger partial charge on any atom is -0.444 e. The number of pyridine rings is 1. The molecule has 0 spiro atoms. The quantitative estimate of drug-likeness (QED) is 0.917. The number of hydrogen-bond acceptors (Lipinski definition) is 4. The van der Waals surface area contributed by atoms with Crippen molar-refractivity contribution in [3.8, 4) is 5.69 Å². The van der Waals surface area contributed by atoms with E-state index < -0.39 is 17.5 Å². The monoisotopic (exact) mass is 278 g/mol. The first-order valence-electron chi connectivity index (χ1n) is 5.99. The Morgan fingerprint density at radius 3 is 2.75 bits per heavy atom. The van der Waals surface area contributed by atoms with Gasteiger partial charge >= 0.3 is 6.09 Å². The van der Waals surface area contributed by atoms with Crippen molar-refractivity contribution in [1.82, 2.24) is 14.8 Å². The Morgan fingerprint density at radius 2 is 2.10 bits per heavy atom. The lowest BCUT2D eigenvalue weighted by Gasteiger charge is -2.19. The maximum atomic E-state index is 13.1. The number of ether oxygens (including phenoxy) is 1. The predicted octanol–water partition coefficient (Wildman–Crippen LogP) is 2.75. The van der Waals surface area contributed by atoms with Crippen molar-refractivity contribution < 1.29 is 13.9 Å². The molecule has 1 N–H and O–H groups in total. The Labute approximate surface area is 115 Å². The van der Waals surface area contributed by atoms with Crippen LogP contribution in [0.4, 0.5) is 14.9 Å². The van der Waals surface area contributed by atoms with Gasteiger partial charge in [0.05, 0.1) is 36.2 Å². The maximum Gasteiger partial charge on any atom is 0.412 e. The Bertz CT molecular complexity index is 619. The van der Waals surface area contributed by atoms with Gasteiger partial charge in [-0.2, -0.15) is 5.10 Å². The number of aromatic nitrogens is 3. The van der Waals surface area contributed by atoms with Crippen LogP contribution in [0.1, 0.15) is 20.8 Å². The van der Waals surface area contributed by atoms with E-state index in [1.54, 1.807) is 27.0 Å². The van der Waals surface area contributed by atoms with Gasteiger partial charge in [0.25, 0.3) is 0 Å². The Balaban J connectivity index is 2.08. The zero-order chi connectivity index (χ0) is 14.8. The van der Waals surface area contributed by atoms with E-state index in [1.807, 2.05) is 0 Å². The van der Waals surface area contributed by atoms with Crippen LogP contribution in [0.5, 0.6) is 0 Å². The van der Waals surface area contributed by atoms with Crippen molar-refractivity contribution in [1.29, 1.82) is 0 Å². The molecule has 2 heterocycles. The zero-order valence-corrected chi connectivity index (χ0v) is 11.4. The van der Waals surface area contributed by atoms with E-state index in [0.717, 1.165) is 6.20 Å². The van der Waals surface area contributed by atoms with E-state index in [9.17, 15) is 9.18 Å². The molecule has 0 aliphatic carbocycles. The molecule has 0 atom stereocenters.